The zero-order valence-corrected chi connectivity index (χ0v) is 14.5. The molecule has 0 saturated carbocycles. The molecule has 0 amide bonds. The van der Waals surface area contributed by atoms with Crippen LogP contribution >= 0.6 is 11.6 Å². The van der Waals surface area contributed by atoms with Crippen LogP contribution in [0.3, 0.4) is 0 Å². The van der Waals surface area contributed by atoms with Crippen LogP contribution in [0.5, 0.6) is 0 Å². The van der Waals surface area contributed by atoms with Gasteiger partial charge in [0.1, 0.15) is 5.75 Å². The Morgan fingerprint density at radius 1 is 1.08 bits per heavy atom. The number of halogens is 1. The molecule has 1 heterocycles. The summed E-state index contributed by atoms with van der Waals surface area (Å²) in [5, 5.41) is 4.35. The second-order valence-corrected chi connectivity index (χ2v) is 8.04. The van der Waals surface area contributed by atoms with E-state index in [1.807, 2.05) is 31.2 Å². The molecule has 0 saturated heterocycles. The fourth-order valence-corrected chi connectivity index (χ4v) is 3.75. The summed E-state index contributed by atoms with van der Waals surface area (Å²) in [4.78, 5) is 4.17. The van der Waals surface area contributed by atoms with Crippen LogP contribution in [0.25, 0.3) is 11.4 Å². The van der Waals surface area contributed by atoms with E-state index >= 15 is 0 Å². The van der Waals surface area contributed by atoms with Crippen molar-refractivity contribution in [3.8, 4) is 11.4 Å². The molecule has 124 valence electrons. The molecule has 0 aliphatic rings. The normalized spacial score (nSPS) is 11.6. The Morgan fingerprint density at radius 3 is 2.54 bits per heavy atom. The van der Waals surface area contributed by atoms with Crippen molar-refractivity contribution in [1.29, 1.82) is 0 Å². The average Bonchev–Trinajstić information content (AvgIpc) is 2.95. The summed E-state index contributed by atoms with van der Waals surface area (Å²) in [5.74, 6) is 0.0179. The second kappa shape index (κ2) is 6.75. The summed E-state index contributed by atoms with van der Waals surface area (Å²) in [7, 11) is -3.43. The van der Waals surface area contributed by atoms with Crippen LogP contribution < -0.4 is 0 Å². The van der Waals surface area contributed by atoms with Gasteiger partial charge in [0.05, 0.1) is 5.75 Å². The monoisotopic (exact) mass is 362 g/mol. The van der Waals surface area contributed by atoms with Crippen LogP contribution in [0.4, 0.5) is 0 Å². The summed E-state index contributed by atoms with van der Waals surface area (Å²) in [6.07, 6.45) is 0. The molecule has 3 rings (SSSR count). The lowest BCUT2D eigenvalue weighted by Crippen LogP contribution is -2.08. The van der Waals surface area contributed by atoms with E-state index in [4.69, 9.17) is 16.1 Å². The van der Waals surface area contributed by atoms with E-state index in [9.17, 15) is 8.42 Å². The predicted molar refractivity (Wildman–Crippen MR) is 92.3 cm³/mol. The van der Waals surface area contributed by atoms with Crippen molar-refractivity contribution < 1.29 is 12.9 Å². The van der Waals surface area contributed by atoms with Gasteiger partial charge in [-0.05, 0) is 24.6 Å². The molecular weight excluding hydrogens is 348 g/mol. The quantitative estimate of drug-likeness (QED) is 0.690. The van der Waals surface area contributed by atoms with Crippen molar-refractivity contribution in [1.82, 2.24) is 10.1 Å². The van der Waals surface area contributed by atoms with E-state index < -0.39 is 9.84 Å². The maximum absolute atomic E-state index is 12.3. The Bertz CT molecular complexity index is 950. The van der Waals surface area contributed by atoms with E-state index in [2.05, 4.69) is 10.1 Å². The van der Waals surface area contributed by atoms with Gasteiger partial charge in [0, 0.05) is 10.6 Å². The van der Waals surface area contributed by atoms with Crippen molar-refractivity contribution in [2.75, 3.05) is 0 Å². The average molecular weight is 363 g/mol. The number of hydrogen-bond acceptors (Lipinski definition) is 5. The van der Waals surface area contributed by atoms with Crippen molar-refractivity contribution in [3.63, 3.8) is 0 Å². The van der Waals surface area contributed by atoms with Gasteiger partial charge in [0.15, 0.2) is 9.84 Å². The molecular formula is C17H15ClN2O3S. The molecule has 24 heavy (non-hydrogen) atoms. The molecule has 3 aromatic rings. The Morgan fingerprint density at radius 2 is 1.83 bits per heavy atom. The van der Waals surface area contributed by atoms with Crippen molar-refractivity contribution in [2.45, 2.75) is 18.4 Å². The number of rotatable bonds is 5. The smallest absolute Gasteiger partial charge is 0.242 e. The first-order chi connectivity index (χ1) is 11.4. The molecule has 0 radical (unpaired) electrons. The standard InChI is InChI=1S/C17H15ClN2O3S/c1-12-5-7-14(8-6-12)17-19-16(23-20-17)11-24(21,22)10-13-3-2-4-15(18)9-13/h2-9H,10-11H2,1H3. The molecule has 2 aromatic carbocycles. The maximum atomic E-state index is 12.3. The first kappa shape index (κ1) is 16.7. The Kier molecular flexibility index (Phi) is 4.69. The molecule has 0 spiro atoms. The van der Waals surface area contributed by atoms with Crippen LogP contribution in [0.2, 0.25) is 5.02 Å². The van der Waals surface area contributed by atoms with Gasteiger partial charge in [-0.25, -0.2) is 8.42 Å². The minimum atomic E-state index is -3.43. The number of aryl methyl sites for hydroxylation is 1. The van der Waals surface area contributed by atoms with E-state index in [0.29, 0.717) is 16.4 Å². The largest absolute Gasteiger partial charge is 0.338 e. The second-order valence-electron chi connectivity index (χ2n) is 5.54. The van der Waals surface area contributed by atoms with Gasteiger partial charge in [0.2, 0.25) is 11.7 Å². The lowest BCUT2D eigenvalue weighted by atomic mass is 10.1. The number of aromatic nitrogens is 2. The first-order valence-corrected chi connectivity index (χ1v) is 9.46. The Hall–Kier alpha value is -2.18. The van der Waals surface area contributed by atoms with E-state index in [1.54, 1.807) is 24.3 Å². The summed E-state index contributed by atoms with van der Waals surface area (Å²) in [6, 6.07) is 14.4. The zero-order chi connectivity index (χ0) is 17.2. The molecule has 0 atom stereocenters. The lowest BCUT2D eigenvalue weighted by molar-refractivity contribution is 0.389. The minimum Gasteiger partial charge on any atom is -0.338 e. The van der Waals surface area contributed by atoms with Crippen LogP contribution in [0.15, 0.2) is 53.1 Å². The minimum absolute atomic E-state index is 0.0765. The zero-order valence-electron chi connectivity index (χ0n) is 12.9. The molecule has 0 bridgehead atoms. The third kappa shape index (κ3) is 4.21. The first-order valence-electron chi connectivity index (χ1n) is 7.26. The highest BCUT2D eigenvalue weighted by Gasteiger charge is 2.18. The Balaban J connectivity index is 1.75. The van der Waals surface area contributed by atoms with Crippen LogP contribution in [0, 0.1) is 6.92 Å². The number of benzene rings is 2. The van der Waals surface area contributed by atoms with Crippen LogP contribution in [-0.4, -0.2) is 18.6 Å². The van der Waals surface area contributed by atoms with Gasteiger partial charge in [-0.1, -0.05) is 58.7 Å². The van der Waals surface area contributed by atoms with Crippen molar-refractivity contribution in [3.05, 3.63) is 70.6 Å². The number of hydrogen-bond donors (Lipinski definition) is 0. The lowest BCUT2D eigenvalue weighted by Gasteiger charge is -2.02. The highest BCUT2D eigenvalue weighted by atomic mass is 35.5. The summed E-state index contributed by atoms with van der Waals surface area (Å²) >= 11 is 5.88. The molecule has 7 heteroatoms. The molecule has 0 unspecified atom stereocenters. The van der Waals surface area contributed by atoms with Gasteiger partial charge in [-0.2, -0.15) is 4.98 Å². The van der Waals surface area contributed by atoms with Gasteiger partial charge < -0.3 is 4.52 Å². The highest BCUT2D eigenvalue weighted by molar-refractivity contribution is 7.89. The van der Waals surface area contributed by atoms with E-state index in [-0.39, 0.29) is 17.4 Å². The number of nitrogens with zero attached hydrogens (tertiary/aromatic N) is 2. The molecule has 0 aliphatic carbocycles. The molecule has 1 aromatic heterocycles. The Labute approximate surface area is 145 Å². The summed E-state index contributed by atoms with van der Waals surface area (Å²) in [6.45, 7) is 1.98. The van der Waals surface area contributed by atoms with Gasteiger partial charge >= 0.3 is 0 Å². The topological polar surface area (TPSA) is 73.1 Å². The predicted octanol–water partition coefficient (Wildman–Crippen LogP) is 3.81. The van der Waals surface area contributed by atoms with Crippen molar-refractivity contribution >= 4 is 21.4 Å². The van der Waals surface area contributed by atoms with Crippen LogP contribution in [-0.2, 0) is 21.3 Å². The third-order valence-corrected chi connectivity index (χ3v) is 5.09. The SMILES string of the molecule is Cc1ccc(-c2noc(CS(=O)(=O)Cc3cccc(Cl)c3)n2)cc1. The van der Waals surface area contributed by atoms with Crippen molar-refractivity contribution in [2.24, 2.45) is 0 Å². The summed E-state index contributed by atoms with van der Waals surface area (Å²) in [5.41, 5.74) is 2.52. The fourth-order valence-electron chi connectivity index (χ4n) is 2.25. The van der Waals surface area contributed by atoms with Gasteiger partial charge in [0.25, 0.3) is 0 Å². The maximum Gasteiger partial charge on any atom is 0.242 e. The van der Waals surface area contributed by atoms with Gasteiger partial charge in [-0.3, -0.25) is 0 Å². The van der Waals surface area contributed by atoms with Gasteiger partial charge in [-0.15, -0.1) is 0 Å². The third-order valence-electron chi connectivity index (χ3n) is 3.40. The number of sulfone groups is 1. The van der Waals surface area contributed by atoms with E-state index in [1.165, 1.54) is 0 Å². The summed E-state index contributed by atoms with van der Waals surface area (Å²) < 4.78 is 29.7. The van der Waals surface area contributed by atoms with E-state index in [0.717, 1.165) is 11.1 Å². The highest BCUT2D eigenvalue weighted by Crippen LogP contribution is 2.19. The molecule has 0 fully saturated rings. The molecule has 0 N–H and O–H groups in total. The molecule has 5 nitrogen and oxygen atoms in total. The fraction of sp³-hybridized carbons (Fsp3) is 0.176. The molecule has 0 aliphatic heterocycles. The van der Waals surface area contributed by atoms with Crippen LogP contribution in [0.1, 0.15) is 17.0 Å².